The summed E-state index contributed by atoms with van der Waals surface area (Å²) in [5, 5.41) is 0. The van der Waals surface area contributed by atoms with Crippen LogP contribution in [0.4, 0.5) is 13.2 Å². The maximum Gasteiger partial charge on any atom is 0.417 e. The molecule has 0 aliphatic rings. The predicted molar refractivity (Wildman–Crippen MR) is 61.5 cm³/mol. The molecule has 0 aromatic heterocycles. The van der Waals surface area contributed by atoms with E-state index in [1.54, 1.807) is 0 Å². The Kier molecular flexibility index (Phi) is 5.34. The molecule has 0 bridgehead atoms. The fraction of sp³-hybridized carbons (Fsp3) is 0.462. The molecule has 5 heteroatoms. The summed E-state index contributed by atoms with van der Waals surface area (Å²) in [5.74, 6) is -0.498. The molecule has 0 heterocycles. The molecule has 0 atom stereocenters. The fourth-order valence-corrected chi connectivity index (χ4v) is 1.59. The first kappa shape index (κ1) is 14.7. The van der Waals surface area contributed by atoms with Crippen molar-refractivity contribution in [3.8, 4) is 0 Å². The number of carbonyl (C=O) groups is 1. The Morgan fingerprint density at radius 3 is 2.56 bits per heavy atom. The summed E-state index contributed by atoms with van der Waals surface area (Å²) in [6.45, 7) is 2.74. The number of hydrogen-bond donors (Lipinski definition) is 0. The summed E-state index contributed by atoms with van der Waals surface area (Å²) in [4.78, 5) is 11.7. The second kappa shape index (κ2) is 6.54. The van der Waals surface area contributed by atoms with E-state index in [0.29, 0.717) is 19.6 Å². The highest BCUT2D eigenvalue weighted by molar-refractivity contribution is 5.97. The van der Waals surface area contributed by atoms with Gasteiger partial charge in [0.05, 0.1) is 5.56 Å². The molecule has 0 amide bonds. The van der Waals surface area contributed by atoms with Gasteiger partial charge >= 0.3 is 6.18 Å². The first-order valence-corrected chi connectivity index (χ1v) is 5.74. The smallest absolute Gasteiger partial charge is 0.382 e. The van der Waals surface area contributed by atoms with Crippen LogP contribution in [-0.4, -0.2) is 19.0 Å². The van der Waals surface area contributed by atoms with Gasteiger partial charge in [0.15, 0.2) is 5.78 Å². The van der Waals surface area contributed by atoms with Crippen LogP contribution in [0.1, 0.15) is 35.7 Å². The van der Waals surface area contributed by atoms with Crippen LogP contribution in [0.2, 0.25) is 0 Å². The van der Waals surface area contributed by atoms with Crippen molar-refractivity contribution in [1.29, 1.82) is 0 Å². The summed E-state index contributed by atoms with van der Waals surface area (Å²) in [6.07, 6.45) is -4.00. The molecule has 1 aromatic rings. The zero-order valence-corrected chi connectivity index (χ0v) is 10.1. The second-order valence-corrected chi connectivity index (χ2v) is 3.77. The van der Waals surface area contributed by atoms with E-state index in [1.807, 2.05) is 6.92 Å². The van der Waals surface area contributed by atoms with E-state index in [0.717, 1.165) is 6.07 Å². The van der Waals surface area contributed by atoms with E-state index in [-0.39, 0.29) is 12.0 Å². The SMILES string of the molecule is CCOCCCC(=O)c1ccccc1C(F)(F)F. The van der Waals surface area contributed by atoms with Gasteiger partial charge in [-0.25, -0.2) is 0 Å². The third-order valence-corrected chi connectivity index (χ3v) is 2.43. The Morgan fingerprint density at radius 2 is 1.94 bits per heavy atom. The average Bonchev–Trinajstić information content (AvgIpc) is 2.33. The highest BCUT2D eigenvalue weighted by Gasteiger charge is 2.34. The number of Topliss-reactive ketones (excluding diaryl/α,β-unsaturated/α-hetero) is 1. The van der Waals surface area contributed by atoms with E-state index in [2.05, 4.69) is 0 Å². The van der Waals surface area contributed by atoms with Crippen LogP contribution in [0.3, 0.4) is 0 Å². The van der Waals surface area contributed by atoms with Crippen LogP contribution in [0.25, 0.3) is 0 Å². The number of ketones is 1. The van der Waals surface area contributed by atoms with Crippen molar-refractivity contribution < 1.29 is 22.7 Å². The van der Waals surface area contributed by atoms with Crippen molar-refractivity contribution in [3.05, 3.63) is 35.4 Å². The van der Waals surface area contributed by atoms with Gasteiger partial charge in [-0.15, -0.1) is 0 Å². The van der Waals surface area contributed by atoms with E-state index in [4.69, 9.17) is 4.74 Å². The zero-order chi connectivity index (χ0) is 13.6. The monoisotopic (exact) mass is 260 g/mol. The van der Waals surface area contributed by atoms with Gasteiger partial charge in [0.25, 0.3) is 0 Å². The minimum absolute atomic E-state index is 0.0626. The molecule has 1 aromatic carbocycles. The minimum atomic E-state index is -4.49. The van der Waals surface area contributed by atoms with Crippen molar-refractivity contribution >= 4 is 5.78 Å². The molecule has 18 heavy (non-hydrogen) atoms. The Bertz CT molecular complexity index is 399. The third-order valence-electron chi connectivity index (χ3n) is 2.43. The lowest BCUT2D eigenvalue weighted by atomic mass is 10.0. The van der Waals surface area contributed by atoms with Crippen molar-refractivity contribution in [1.82, 2.24) is 0 Å². The van der Waals surface area contributed by atoms with Crippen molar-refractivity contribution in [3.63, 3.8) is 0 Å². The summed E-state index contributed by atoms with van der Waals surface area (Å²) in [6, 6.07) is 4.85. The summed E-state index contributed by atoms with van der Waals surface area (Å²) >= 11 is 0. The summed E-state index contributed by atoms with van der Waals surface area (Å²) < 4.78 is 43.1. The number of ether oxygens (including phenoxy) is 1. The molecule has 0 saturated carbocycles. The average molecular weight is 260 g/mol. The Labute approximate surface area is 104 Å². The van der Waals surface area contributed by atoms with Gasteiger partial charge in [-0.1, -0.05) is 18.2 Å². The van der Waals surface area contributed by atoms with E-state index < -0.39 is 17.5 Å². The largest absolute Gasteiger partial charge is 0.417 e. The summed E-state index contributed by atoms with van der Waals surface area (Å²) in [7, 11) is 0. The van der Waals surface area contributed by atoms with Crippen LogP contribution in [0.5, 0.6) is 0 Å². The molecule has 0 spiro atoms. The molecule has 0 unspecified atom stereocenters. The van der Waals surface area contributed by atoms with E-state index in [9.17, 15) is 18.0 Å². The molecular weight excluding hydrogens is 245 g/mol. The Morgan fingerprint density at radius 1 is 1.28 bits per heavy atom. The zero-order valence-electron chi connectivity index (χ0n) is 10.1. The number of alkyl halides is 3. The molecule has 0 radical (unpaired) electrons. The first-order chi connectivity index (χ1) is 8.46. The van der Waals surface area contributed by atoms with Gasteiger partial charge in [0, 0.05) is 25.2 Å². The van der Waals surface area contributed by atoms with E-state index >= 15 is 0 Å². The number of benzene rings is 1. The maximum absolute atomic E-state index is 12.7. The molecule has 0 fully saturated rings. The van der Waals surface area contributed by atoms with Crippen LogP contribution >= 0.6 is 0 Å². The first-order valence-electron chi connectivity index (χ1n) is 5.74. The molecule has 1 rings (SSSR count). The predicted octanol–water partition coefficient (Wildman–Crippen LogP) is 3.70. The number of carbonyl (C=O) groups excluding carboxylic acids is 1. The van der Waals surface area contributed by atoms with Crippen molar-refractivity contribution in [2.45, 2.75) is 25.9 Å². The van der Waals surface area contributed by atoms with Crippen LogP contribution in [-0.2, 0) is 10.9 Å². The standard InChI is InChI=1S/C13H15F3O2/c1-2-18-9-5-8-12(17)10-6-3-4-7-11(10)13(14,15)16/h3-4,6-7H,2,5,8-9H2,1H3. The quantitative estimate of drug-likeness (QED) is 0.575. The van der Waals surface area contributed by atoms with Gasteiger partial charge < -0.3 is 4.74 Å². The van der Waals surface area contributed by atoms with Crippen LogP contribution in [0, 0.1) is 0 Å². The van der Waals surface area contributed by atoms with Crippen LogP contribution < -0.4 is 0 Å². The Hall–Kier alpha value is -1.36. The highest BCUT2D eigenvalue weighted by atomic mass is 19.4. The fourth-order valence-electron chi connectivity index (χ4n) is 1.59. The molecule has 0 aliphatic carbocycles. The van der Waals surface area contributed by atoms with E-state index in [1.165, 1.54) is 18.2 Å². The van der Waals surface area contributed by atoms with Gasteiger partial charge in [-0.05, 0) is 19.4 Å². The maximum atomic E-state index is 12.7. The van der Waals surface area contributed by atoms with Gasteiger partial charge in [-0.3, -0.25) is 4.79 Å². The molecule has 100 valence electrons. The summed E-state index contributed by atoms with van der Waals surface area (Å²) in [5.41, 5.74) is -1.13. The van der Waals surface area contributed by atoms with Crippen molar-refractivity contribution in [2.24, 2.45) is 0 Å². The Balaban J connectivity index is 2.74. The second-order valence-electron chi connectivity index (χ2n) is 3.77. The molecular formula is C13H15F3O2. The number of rotatable bonds is 6. The topological polar surface area (TPSA) is 26.3 Å². The lowest BCUT2D eigenvalue weighted by Crippen LogP contribution is -2.13. The molecule has 0 aliphatic heterocycles. The van der Waals surface area contributed by atoms with Gasteiger partial charge in [-0.2, -0.15) is 13.2 Å². The number of hydrogen-bond acceptors (Lipinski definition) is 2. The highest BCUT2D eigenvalue weighted by Crippen LogP contribution is 2.32. The van der Waals surface area contributed by atoms with Gasteiger partial charge in [0.1, 0.15) is 0 Å². The van der Waals surface area contributed by atoms with Gasteiger partial charge in [0.2, 0.25) is 0 Å². The lowest BCUT2D eigenvalue weighted by molar-refractivity contribution is -0.137. The molecule has 0 N–H and O–H groups in total. The third kappa shape index (κ3) is 4.14. The normalized spacial score (nSPS) is 11.6. The van der Waals surface area contributed by atoms with Crippen LogP contribution in [0.15, 0.2) is 24.3 Å². The van der Waals surface area contributed by atoms with Crippen molar-refractivity contribution in [2.75, 3.05) is 13.2 Å². The minimum Gasteiger partial charge on any atom is -0.382 e. The molecule has 0 saturated heterocycles. The lowest BCUT2D eigenvalue weighted by Gasteiger charge is -2.11. The molecule has 2 nitrogen and oxygen atoms in total. The number of halogens is 3.